The summed E-state index contributed by atoms with van der Waals surface area (Å²) < 4.78 is 7.31. The SMILES string of the molecule is CO[C@@H]1C[C@@H](c2nncn2C)N(C(=O)CC2(O)CCCCC2)C1. The summed E-state index contributed by atoms with van der Waals surface area (Å²) in [6, 6.07) is -0.132. The third kappa shape index (κ3) is 3.40. The van der Waals surface area contributed by atoms with E-state index < -0.39 is 5.60 Å². The maximum absolute atomic E-state index is 12.9. The maximum atomic E-state index is 12.9. The van der Waals surface area contributed by atoms with Crippen molar-refractivity contribution in [2.45, 2.75) is 62.7 Å². The van der Waals surface area contributed by atoms with Gasteiger partial charge in [-0.05, 0) is 12.8 Å². The Balaban J connectivity index is 1.75. The van der Waals surface area contributed by atoms with Crippen molar-refractivity contribution in [3.8, 4) is 0 Å². The lowest BCUT2D eigenvalue weighted by atomic mass is 9.82. The molecule has 2 aliphatic rings. The molecule has 2 fully saturated rings. The number of likely N-dealkylation sites (tertiary alicyclic amines) is 1. The van der Waals surface area contributed by atoms with E-state index in [4.69, 9.17) is 4.74 Å². The molecule has 1 saturated heterocycles. The van der Waals surface area contributed by atoms with Crippen molar-refractivity contribution >= 4 is 5.91 Å². The molecular formula is C16H26N4O3. The highest BCUT2D eigenvalue weighted by molar-refractivity contribution is 5.78. The molecule has 1 aliphatic carbocycles. The highest BCUT2D eigenvalue weighted by atomic mass is 16.5. The first-order chi connectivity index (χ1) is 11.0. The molecule has 1 aromatic heterocycles. The van der Waals surface area contributed by atoms with Gasteiger partial charge in [0.25, 0.3) is 0 Å². The Kier molecular flexibility index (Phi) is 4.68. The monoisotopic (exact) mass is 322 g/mol. The zero-order chi connectivity index (χ0) is 16.4. The average molecular weight is 322 g/mol. The van der Waals surface area contributed by atoms with Crippen LogP contribution in [-0.4, -0.2) is 56.0 Å². The molecule has 128 valence electrons. The third-order valence-electron chi connectivity index (χ3n) is 5.23. The molecule has 0 radical (unpaired) electrons. The number of methoxy groups -OCH3 is 1. The summed E-state index contributed by atoms with van der Waals surface area (Å²) in [5.74, 6) is 0.760. The zero-order valence-electron chi connectivity index (χ0n) is 13.9. The van der Waals surface area contributed by atoms with Gasteiger partial charge in [-0.3, -0.25) is 4.79 Å². The van der Waals surface area contributed by atoms with Crippen LogP contribution >= 0.6 is 0 Å². The van der Waals surface area contributed by atoms with Gasteiger partial charge in [0.15, 0.2) is 5.82 Å². The highest BCUT2D eigenvalue weighted by Crippen LogP contribution is 2.36. The second-order valence-corrected chi connectivity index (χ2v) is 6.92. The molecule has 1 saturated carbocycles. The number of carbonyl (C=O) groups is 1. The first-order valence-electron chi connectivity index (χ1n) is 8.41. The summed E-state index contributed by atoms with van der Waals surface area (Å²) in [6.45, 7) is 0.545. The van der Waals surface area contributed by atoms with Crippen molar-refractivity contribution in [2.24, 2.45) is 7.05 Å². The molecule has 1 amide bonds. The Bertz CT molecular complexity index is 553. The fraction of sp³-hybridized carbons (Fsp3) is 0.812. The van der Waals surface area contributed by atoms with Crippen LogP contribution in [0.15, 0.2) is 6.33 Å². The topological polar surface area (TPSA) is 80.5 Å². The molecule has 0 spiro atoms. The van der Waals surface area contributed by atoms with Crippen molar-refractivity contribution in [1.82, 2.24) is 19.7 Å². The smallest absolute Gasteiger partial charge is 0.226 e. The van der Waals surface area contributed by atoms with Gasteiger partial charge >= 0.3 is 0 Å². The molecule has 0 bridgehead atoms. The normalized spacial score (nSPS) is 27.3. The van der Waals surface area contributed by atoms with Crippen LogP contribution in [0, 0.1) is 0 Å². The minimum atomic E-state index is -0.842. The third-order valence-corrected chi connectivity index (χ3v) is 5.23. The average Bonchev–Trinajstić information content (AvgIpc) is 3.13. The van der Waals surface area contributed by atoms with Crippen LogP contribution in [0.4, 0.5) is 0 Å². The van der Waals surface area contributed by atoms with Gasteiger partial charge in [0.1, 0.15) is 6.33 Å². The van der Waals surface area contributed by atoms with Crippen LogP contribution in [0.25, 0.3) is 0 Å². The molecule has 23 heavy (non-hydrogen) atoms. The van der Waals surface area contributed by atoms with Crippen molar-refractivity contribution in [1.29, 1.82) is 0 Å². The van der Waals surface area contributed by atoms with Gasteiger partial charge in [0.2, 0.25) is 5.91 Å². The van der Waals surface area contributed by atoms with Gasteiger partial charge in [0, 0.05) is 27.1 Å². The first kappa shape index (κ1) is 16.4. The van der Waals surface area contributed by atoms with Gasteiger partial charge < -0.3 is 19.3 Å². The largest absolute Gasteiger partial charge is 0.389 e. The number of hydrogen-bond acceptors (Lipinski definition) is 5. The van der Waals surface area contributed by atoms with E-state index >= 15 is 0 Å². The number of aliphatic hydroxyl groups is 1. The molecule has 1 aliphatic heterocycles. The standard InChI is InChI=1S/C16H26N4O3/c1-19-11-17-18-15(19)13-8-12(23-2)10-20(13)14(21)9-16(22)6-4-3-5-7-16/h11-13,22H,3-10H2,1-2H3/t12-,13+/m1/s1. The quantitative estimate of drug-likeness (QED) is 0.900. The van der Waals surface area contributed by atoms with Crippen molar-refractivity contribution < 1.29 is 14.6 Å². The molecule has 2 heterocycles. The number of nitrogens with zero attached hydrogens (tertiary/aromatic N) is 4. The van der Waals surface area contributed by atoms with Crippen molar-refractivity contribution in [3.63, 3.8) is 0 Å². The Morgan fingerprint density at radius 2 is 2.17 bits per heavy atom. The van der Waals surface area contributed by atoms with E-state index in [9.17, 15) is 9.90 Å². The fourth-order valence-corrected chi connectivity index (χ4v) is 3.85. The van der Waals surface area contributed by atoms with E-state index in [0.29, 0.717) is 13.0 Å². The molecule has 3 rings (SSSR count). The van der Waals surface area contributed by atoms with E-state index in [-0.39, 0.29) is 24.5 Å². The fourth-order valence-electron chi connectivity index (χ4n) is 3.85. The summed E-state index contributed by atoms with van der Waals surface area (Å²) in [6.07, 6.45) is 7.13. The molecule has 7 heteroatoms. The van der Waals surface area contributed by atoms with Crippen LogP contribution in [0.5, 0.6) is 0 Å². The summed E-state index contributed by atoms with van der Waals surface area (Å²) in [5, 5.41) is 18.8. The van der Waals surface area contributed by atoms with E-state index in [1.54, 1.807) is 13.4 Å². The molecule has 0 aromatic carbocycles. The van der Waals surface area contributed by atoms with Crippen LogP contribution in [0.2, 0.25) is 0 Å². The number of ether oxygens (including phenoxy) is 1. The molecular weight excluding hydrogens is 296 g/mol. The number of aryl methyl sites for hydroxylation is 1. The predicted molar refractivity (Wildman–Crippen MR) is 83.5 cm³/mol. The van der Waals surface area contributed by atoms with E-state index in [1.165, 1.54) is 0 Å². The number of carbonyl (C=O) groups excluding carboxylic acids is 1. The van der Waals surface area contributed by atoms with Crippen molar-refractivity contribution in [2.75, 3.05) is 13.7 Å². The predicted octanol–water partition coefficient (Wildman–Crippen LogP) is 1.19. The summed E-state index contributed by atoms with van der Waals surface area (Å²) in [7, 11) is 3.55. The molecule has 2 atom stereocenters. The zero-order valence-corrected chi connectivity index (χ0v) is 13.9. The van der Waals surface area contributed by atoms with Gasteiger partial charge in [-0.2, -0.15) is 0 Å². The minimum Gasteiger partial charge on any atom is -0.389 e. The van der Waals surface area contributed by atoms with Crippen LogP contribution < -0.4 is 0 Å². The molecule has 7 nitrogen and oxygen atoms in total. The summed E-state index contributed by atoms with van der Waals surface area (Å²) >= 11 is 0. The van der Waals surface area contributed by atoms with Gasteiger partial charge in [-0.1, -0.05) is 19.3 Å². The van der Waals surface area contributed by atoms with E-state index in [2.05, 4.69) is 10.2 Å². The maximum Gasteiger partial charge on any atom is 0.226 e. The Morgan fingerprint density at radius 3 is 2.78 bits per heavy atom. The lowest BCUT2D eigenvalue weighted by molar-refractivity contribution is -0.139. The second kappa shape index (κ2) is 6.57. The van der Waals surface area contributed by atoms with Gasteiger partial charge in [-0.25, -0.2) is 0 Å². The first-order valence-corrected chi connectivity index (χ1v) is 8.41. The Morgan fingerprint density at radius 1 is 1.43 bits per heavy atom. The summed E-state index contributed by atoms with van der Waals surface area (Å²) in [4.78, 5) is 14.7. The lowest BCUT2D eigenvalue weighted by Gasteiger charge is -2.34. The van der Waals surface area contributed by atoms with E-state index in [0.717, 1.165) is 37.9 Å². The molecule has 1 aromatic rings. The summed E-state index contributed by atoms with van der Waals surface area (Å²) in [5.41, 5.74) is -0.842. The number of hydrogen-bond donors (Lipinski definition) is 1. The molecule has 0 unspecified atom stereocenters. The van der Waals surface area contributed by atoms with Crippen LogP contribution in [0.1, 0.15) is 56.8 Å². The van der Waals surface area contributed by atoms with Crippen molar-refractivity contribution in [3.05, 3.63) is 12.2 Å². The van der Waals surface area contributed by atoms with Crippen LogP contribution in [0.3, 0.4) is 0 Å². The van der Waals surface area contributed by atoms with Gasteiger partial charge in [-0.15, -0.1) is 10.2 Å². The number of aromatic nitrogens is 3. The second-order valence-electron chi connectivity index (χ2n) is 6.92. The number of amides is 1. The minimum absolute atomic E-state index is 0.00153. The molecule has 1 N–H and O–H groups in total. The Hall–Kier alpha value is -1.47. The van der Waals surface area contributed by atoms with E-state index in [1.807, 2.05) is 16.5 Å². The van der Waals surface area contributed by atoms with Crippen LogP contribution in [-0.2, 0) is 16.6 Å². The number of rotatable bonds is 4. The van der Waals surface area contributed by atoms with Gasteiger partial charge in [0.05, 0.1) is 24.2 Å². The Labute approximate surface area is 136 Å². The lowest BCUT2D eigenvalue weighted by Crippen LogP contribution is -2.41. The highest BCUT2D eigenvalue weighted by Gasteiger charge is 2.41.